The van der Waals surface area contributed by atoms with Crippen LogP contribution in [0.3, 0.4) is 0 Å². The first-order valence-corrected chi connectivity index (χ1v) is 5.19. The van der Waals surface area contributed by atoms with Gasteiger partial charge in [0.15, 0.2) is 0 Å². The second-order valence-corrected chi connectivity index (χ2v) is 3.62. The zero-order valence-electron chi connectivity index (χ0n) is 8.99. The molecule has 0 fully saturated rings. The summed E-state index contributed by atoms with van der Waals surface area (Å²) < 4.78 is 5.58. The van der Waals surface area contributed by atoms with Crippen LogP contribution in [0.1, 0.15) is 25.8 Å². The molecule has 0 aromatic heterocycles. The largest absolute Gasteiger partial charge is 0.494 e. The molecule has 0 bridgehead atoms. The van der Waals surface area contributed by atoms with Crippen molar-refractivity contribution in [3.05, 3.63) is 29.8 Å². The summed E-state index contributed by atoms with van der Waals surface area (Å²) in [6.07, 6.45) is 1.95. The lowest BCUT2D eigenvalue weighted by molar-refractivity contribution is 0.301. The van der Waals surface area contributed by atoms with E-state index in [9.17, 15) is 0 Å². The molecule has 0 spiro atoms. The van der Waals surface area contributed by atoms with E-state index >= 15 is 0 Å². The molecule has 1 aromatic carbocycles. The predicted molar refractivity (Wildman–Crippen MR) is 59.6 cm³/mol. The van der Waals surface area contributed by atoms with Crippen molar-refractivity contribution in [1.29, 1.82) is 0 Å². The third-order valence-corrected chi connectivity index (χ3v) is 2.15. The van der Waals surface area contributed by atoms with Crippen LogP contribution in [0.5, 0.6) is 5.75 Å². The fourth-order valence-electron chi connectivity index (χ4n) is 1.22. The van der Waals surface area contributed by atoms with Crippen LogP contribution in [0.4, 0.5) is 0 Å². The van der Waals surface area contributed by atoms with Gasteiger partial charge in [-0.2, -0.15) is 0 Å². The summed E-state index contributed by atoms with van der Waals surface area (Å²) in [5, 5.41) is 0. The molecule has 14 heavy (non-hydrogen) atoms. The van der Waals surface area contributed by atoms with E-state index in [1.165, 1.54) is 5.56 Å². The smallest absolute Gasteiger partial charge is 0.119 e. The van der Waals surface area contributed by atoms with Gasteiger partial charge in [-0.05, 0) is 37.5 Å². The Balaban J connectivity index is 2.42. The molecule has 0 aliphatic rings. The summed E-state index contributed by atoms with van der Waals surface area (Å²) in [4.78, 5) is 0. The number of ether oxygens (including phenoxy) is 1. The third kappa shape index (κ3) is 3.79. The van der Waals surface area contributed by atoms with Crippen LogP contribution >= 0.6 is 0 Å². The second kappa shape index (κ2) is 5.66. The molecule has 0 aliphatic carbocycles. The highest BCUT2D eigenvalue weighted by Gasteiger charge is 1.97. The molecule has 0 aliphatic heterocycles. The van der Waals surface area contributed by atoms with Gasteiger partial charge in [0.1, 0.15) is 5.75 Å². The Morgan fingerprint density at radius 2 is 2.21 bits per heavy atom. The lowest BCUT2D eigenvalue weighted by Gasteiger charge is -2.08. The van der Waals surface area contributed by atoms with E-state index in [2.05, 4.69) is 19.1 Å². The van der Waals surface area contributed by atoms with Gasteiger partial charge in [0, 0.05) is 6.04 Å². The first kappa shape index (κ1) is 11.1. The fraction of sp³-hybridized carbons (Fsp3) is 0.500. The van der Waals surface area contributed by atoms with Crippen LogP contribution in [0.15, 0.2) is 24.3 Å². The number of benzene rings is 1. The Morgan fingerprint density at radius 1 is 1.43 bits per heavy atom. The van der Waals surface area contributed by atoms with Crippen LogP contribution in [-0.2, 0) is 6.42 Å². The molecule has 0 saturated heterocycles. The van der Waals surface area contributed by atoms with Gasteiger partial charge in [-0.1, -0.05) is 19.1 Å². The number of hydrogen-bond acceptors (Lipinski definition) is 2. The van der Waals surface area contributed by atoms with Crippen LogP contribution < -0.4 is 10.5 Å². The maximum atomic E-state index is 5.63. The Labute approximate surface area is 86.1 Å². The van der Waals surface area contributed by atoms with E-state index in [4.69, 9.17) is 10.5 Å². The quantitative estimate of drug-likeness (QED) is 0.779. The molecular formula is C12H19NO. The number of rotatable bonds is 5. The first-order chi connectivity index (χ1) is 6.72. The van der Waals surface area contributed by atoms with Crippen LogP contribution in [0.25, 0.3) is 0 Å². The predicted octanol–water partition coefficient (Wildman–Crippen LogP) is 2.37. The minimum Gasteiger partial charge on any atom is -0.494 e. The van der Waals surface area contributed by atoms with Gasteiger partial charge in [-0.15, -0.1) is 0 Å². The van der Waals surface area contributed by atoms with Crippen molar-refractivity contribution in [2.24, 2.45) is 5.73 Å². The van der Waals surface area contributed by atoms with Gasteiger partial charge in [0.2, 0.25) is 0 Å². The summed E-state index contributed by atoms with van der Waals surface area (Å²) in [7, 11) is 0. The Hall–Kier alpha value is -1.02. The maximum Gasteiger partial charge on any atom is 0.119 e. The lowest BCUT2D eigenvalue weighted by Crippen LogP contribution is -2.18. The maximum absolute atomic E-state index is 5.63. The van der Waals surface area contributed by atoms with Gasteiger partial charge >= 0.3 is 0 Å². The standard InChI is InChI=1S/C12H19NO/c1-3-11-5-4-6-12(9-11)14-8-7-10(2)13/h4-6,9-10H,3,7-8,13H2,1-2H3/t10-/m1/s1. The van der Waals surface area contributed by atoms with E-state index in [1.807, 2.05) is 19.1 Å². The van der Waals surface area contributed by atoms with E-state index in [-0.39, 0.29) is 6.04 Å². The summed E-state index contributed by atoms with van der Waals surface area (Å²) in [6.45, 7) is 4.83. The molecule has 78 valence electrons. The fourth-order valence-corrected chi connectivity index (χ4v) is 1.22. The van der Waals surface area contributed by atoms with Crippen molar-refractivity contribution in [3.63, 3.8) is 0 Å². The first-order valence-electron chi connectivity index (χ1n) is 5.19. The van der Waals surface area contributed by atoms with Crippen molar-refractivity contribution in [3.8, 4) is 5.75 Å². The molecule has 0 unspecified atom stereocenters. The molecule has 0 saturated carbocycles. The van der Waals surface area contributed by atoms with Crippen LogP contribution in [-0.4, -0.2) is 12.6 Å². The zero-order chi connectivity index (χ0) is 10.4. The monoisotopic (exact) mass is 193 g/mol. The highest BCUT2D eigenvalue weighted by molar-refractivity contribution is 5.28. The minimum atomic E-state index is 0.212. The number of aryl methyl sites for hydroxylation is 1. The topological polar surface area (TPSA) is 35.2 Å². The van der Waals surface area contributed by atoms with Crippen molar-refractivity contribution in [1.82, 2.24) is 0 Å². The average Bonchev–Trinajstić information content (AvgIpc) is 2.18. The molecule has 1 aromatic rings. The zero-order valence-corrected chi connectivity index (χ0v) is 8.99. The van der Waals surface area contributed by atoms with E-state index in [1.54, 1.807) is 0 Å². The Bertz CT molecular complexity index is 271. The van der Waals surface area contributed by atoms with Crippen molar-refractivity contribution >= 4 is 0 Å². The van der Waals surface area contributed by atoms with Gasteiger partial charge in [0.05, 0.1) is 6.61 Å². The molecule has 0 radical (unpaired) electrons. The minimum absolute atomic E-state index is 0.212. The van der Waals surface area contributed by atoms with Gasteiger partial charge in [-0.25, -0.2) is 0 Å². The van der Waals surface area contributed by atoms with Gasteiger partial charge in [-0.3, -0.25) is 0 Å². The normalized spacial score (nSPS) is 12.5. The summed E-state index contributed by atoms with van der Waals surface area (Å²) in [6, 6.07) is 8.42. The Kier molecular flexibility index (Phi) is 4.47. The van der Waals surface area contributed by atoms with E-state index in [0.717, 1.165) is 18.6 Å². The highest BCUT2D eigenvalue weighted by atomic mass is 16.5. The van der Waals surface area contributed by atoms with Crippen molar-refractivity contribution in [2.75, 3.05) is 6.61 Å². The third-order valence-electron chi connectivity index (χ3n) is 2.15. The SMILES string of the molecule is CCc1cccc(OCC[C@@H](C)N)c1. The summed E-state index contributed by atoms with van der Waals surface area (Å²) in [5.74, 6) is 0.949. The molecule has 2 N–H and O–H groups in total. The molecule has 1 atom stereocenters. The molecule has 1 rings (SSSR count). The van der Waals surface area contributed by atoms with E-state index < -0.39 is 0 Å². The number of nitrogens with two attached hydrogens (primary N) is 1. The molecule has 2 nitrogen and oxygen atoms in total. The second-order valence-electron chi connectivity index (χ2n) is 3.62. The Morgan fingerprint density at radius 3 is 2.86 bits per heavy atom. The average molecular weight is 193 g/mol. The van der Waals surface area contributed by atoms with Gasteiger partial charge < -0.3 is 10.5 Å². The van der Waals surface area contributed by atoms with Crippen LogP contribution in [0.2, 0.25) is 0 Å². The van der Waals surface area contributed by atoms with Gasteiger partial charge in [0.25, 0.3) is 0 Å². The molecule has 0 amide bonds. The van der Waals surface area contributed by atoms with E-state index in [0.29, 0.717) is 6.61 Å². The summed E-state index contributed by atoms with van der Waals surface area (Å²) in [5.41, 5.74) is 6.94. The highest BCUT2D eigenvalue weighted by Crippen LogP contribution is 2.13. The van der Waals surface area contributed by atoms with Crippen molar-refractivity contribution < 1.29 is 4.74 Å². The van der Waals surface area contributed by atoms with Crippen LogP contribution in [0, 0.1) is 0 Å². The molecule has 2 heteroatoms. The number of hydrogen-bond donors (Lipinski definition) is 1. The summed E-state index contributed by atoms with van der Waals surface area (Å²) >= 11 is 0. The van der Waals surface area contributed by atoms with Crippen molar-refractivity contribution in [2.45, 2.75) is 32.7 Å². The lowest BCUT2D eigenvalue weighted by atomic mass is 10.2. The molecule has 0 heterocycles. The molecular weight excluding hydrogens is 174 g/mol.